The molecule has 39 heavy (non-hydrogen) atoms. The van der Waals surface area contributed by atoms with Crippen molar-refractivity contribution in [3.8, 4) is 5.75 Å². The Morgan fingerprint density at radius 1 is 1.03 bits per heavy atom. The molecule has 2 aliphatic heterocycles. The van der Waals surface area contributed by atoms with Crippen molar-refractivity contribution in [1.82, 2.24) is 4.90 Å². The van der Waals surface area contributed by atoms with Gasteiger partial charge in [-0.25, -0.2) is 9.38 Å². The van der Waals surface area contributed by atoms with Crippen LogP contribution in [0.4, 0.5) is 15.8 Å². The Hall–Kier alpha value is -2.62. The van der Waals surface area contributed by atoms with E-state index in [-0.39, 0.29) is 18.3 Å². The summed E-state index contributed by atoms with van der Waals surface area (Å²) in [5, 5.41) is 0.674. The predicted octanol–water partition coefficient (Wildman–Crippen LogP) is 8.54. The van der Waals surface area contributed by atoms with E-state index in [2.05, 4.69) is 48.9 Å². The second-order valence-electron chi connectivity index (χ2n) is 9.35. The van der Waals surface area contributed by atoms with Crippen molar-refractivity contribution in [3.63, 3.8) is 0 Å². The van der Waals surface area contributed by atoms with Gasteiger partial charge in [0.1, 0.15) is 18.2 Å². The maximum absolute atomic E-state index is 13.5. The zero-order valence-electron chi connectivity index (χ0n) is 21.5. The lowest BCUT2D eigenvalue weighted by Crippen LogP contribution is -2.29. The smallest absolute Gasteiger partial charge is 0.266 e. The molecule has 2 fully saturated rings. The second kappa shape index (κ2) is 12.7. The number of rotatable bonds is 7. The van der Waals surface area contributed by atoms with E-state index in [4.69, 9.17) is 9.73 Å². The first-order valence-corrected chi connectivity index (χ1v) is 15.3. The summed E-state index contributed by atoms with van der Waals surface area (Å²) >= 11 is 8.54. The number of likely N-dealkylation sites (N-methyl/N-ethyl adjacent to an activating group) is 1. The Kier molecular flexibility index (Phi) is 9.10. The van der Waals surface area contributed by atoms with Crippen molar-refractivity contribution in [2.24, 2.45) is 4.99 Å². The average Bonchev–Trinajstić information content (AvgIpc) is 3.22. The molecule has 0 bridgehead atoms. The molecule has 0 saturated carbocycles. The summed E-state index contributed by atoms with van der Waals surface area (Å²) in [6, 6.07) is 18.4. The molecule has 5 nitrogen and oxygen atoms in total. The lowest BCUT2D eigenvalue weighted by atomic mass is 10.1. The standard InChI is InChI=1S/C30H28Br2FN3O2S/c1-2-36-29(37)27(39-30(36)34-23-9-11-24(12-10-23)35-13-4-3-5-14-35)18-21-16-25(31)28(26(32)17-21)38-19-20-7-6-8-22(33)15-20/h6-12,15-18H,2-5,13-14,19H2,1H3/b27-18-,34-30?. The second-order valence-corrected chi connectivity index (χ2v) is 12.1. The minimum Gasteiger partial charge on any atom is -0.487 e. The van der Waals surface area contributed by atoms with Crippen LogP contribution in [0.1, 0.15) is 37.3 Å². The lowest BCUT2D eigenvalue weighted by molar-refractivity contribution is -0.122. The van der Waals surface area contributed by atoms with Crippen molar-refractivity contribution < 1.29 is 13.9 Å². The van der Waals surface area contributed by atoms with E-state index in [1.807, 2.05) is 43.3 Å². The van der Waals surface area contributed by atoms with Gasteiger partial charge in [-0.05, 0) is 136 Å². The molecule has 0 spiro atoms. The molecule has 0 aromatic heterocycles. The first kappa shape index (κ1) is 27.9. The molecule has 1 amide bonds. The highest BCUT2D eigenvalue weighted by atomic mass is 79.9. The molecule has 3 aromatic carbocycles. The van der Waals surface area contributed by atoms with Crippen LogP contribution in [0.25, 0.3) is 6.08 Å². The van der Waals surface area contributed by atoms with E-state index in [9.17, 15) is 9.18 Å². The maximum Gasteiger partial charge on any atom is 0.266 e. The monoisotopic (exact) mass is 671 g/mol. The van der Waals surface area contributed by atoms with Gasteiger partial charge in [0.2, 0.25) is 0 Å². The summed E-state index contributed by atoms with van der Waals surface area (Å²) in [6.07, 6.45) is 5.64. The SMILES string of the molecule is CCN1C(=O)/C(=C/c2cc(Br)c(OCc3cccc(F)c3)c(Br)c2)SC1=Nc1ccc(N2CCCCC2)cc1. The number of nitrogens with zero attached hydrogens (tertiary/aromatic N) is 3. The summed E-state index contributed by atoms with van der Waals surface area (Å²) < 4.78 is 20.9. The molecule has 5 rings (SSSR count). The van der Waals surface area contributed by atoms with Gasteiger partial charge in [-0.1, -0.05) is 12.1 Å². The Morgan fingerprint density at radius 3 is 2.41 bits per heavy atom. The van der Waals surface area contributed by atoms with E-state index in [0.29, 0.717) is 22.4 Å². The fourth-order valence-electron chi connectivity index (χ4n) is 4.61. The van der Waals surface area contributed by atoms with E-state index < -0.39 is 0 Å². The number of benzene rings is 3. The number of amidine groups is 1. The first-order chi connectivity index (χ1) is 18.9. The highest BCUT2D eigenvalue weighted by Gasteiger charge is 2.32. The van der Waals surface area contributed by atoms with E-state index in [0.717, 1.165) is 38.8 Å². The summed E-state index contributed by atoms with van der Waals surface area (Å²) in [5.74, 6) is 0.246. The molecule has 0 N–H and O–H groups in total. The van der Waals surface area contributed by atoms with Crippen LogP contribution in [-0.2, 0) is 11.4 Å². The summed E-state index contributed by atoms with van der Waals surface area (Å²) in [6.45, 7) is 4.92. The van der Waals surface area contributed by atoms with Gasteiger partial charge < -0.3 is 9.64 Å². The van der Waals surface area contributed by atoms with Crippen LogP contribution in [-0.4, -0.2) is 35.6 Å². The van der Waals surface area contributed by atoms with Crippen molar-refractivity contribution in [2.45, 2.75) is 32.8 Å². The fourth-order valence-corrected chi connectivity index (χ4v) is 7.12. The lowest BCUT2D eigenvalue weighted by Gasteiger charge is -2.28. The van der Waals surface area contributed by atoms with Crippen molar-refractivity contribution in [1.29, 1.82) is 0 Å². The van der Waals surface area contributed by atoms with Gasteiger partial charge in [-0.3, -0.25) is 9.69 Å². The minimum atomic E-state index is -0.298. The Balaban J connectivity index is 1.32. The molecule has 2 aliphatic rings. The number of amides is 1. The number of piperidine rings is 1. The molecule has 2 heterocycles. The van der Waals surface area contributed by atoms with Gasteiger partial charge in [0, 0.05) is 25.3 Å². The third-order valence-electron chi connectivity index (χ3n) is 6.59. The molecule has 0 radical (unpaired) electrons. The summed E-state index contributed by atoms with van der Waals surface area (Å²) in [7, 11) is 0. The largest absolute Gasteiger partial charge is 0.487 e. The van der Waals surface area contributed by atoms with E-state index in [1.165, 1.54) is 48.8 Å². The van der Waals surface area contributed by atoms with Crippen molar-refractivity contribution >= 4 is 72.1 Å². The van der Waals surface area contributed by atoms with Crippen LogP contribution < -0.4 is 9.64 Å². The molecule has 202 valence electrons. The zero-order valence-corrected chi connectivity index (χ0v) is 25.5. The molecule has 0 aliphatic carbocycles. The number of hydrogen-bond acceptors (Lipinski definition) is 5. The zero-order chi connectivity index (χ0) is 27.4. The number of hydrogen-bond donors (Lipinski definition) is 0. The number of thioether (sulfide) groups is 1. The van der Waals surface area contributed by atoms with Crippen LogP contribution >= 0.6 is 43.6 Å². The van der Waals surface area contributed by atoms with Gasteiger partial charge in [0.05, 0.1) is 19.5 Å². The Labute approximate surface area is 249 Å². The number of aliphatic imine (C=N–C) groups is 1. The van der Waals surface area contributed by atoms with Gasteiger partial charge in [0.15, 0.2) is 5.17 Å². The van der Waals surface area contributed by atoms with Crippen molar-refractivity contribution in [3.05, 3.63) is 91.5 Å². The molecule has 3 aromatic rings. The highest BCUT2D eigenvalue weighted by molar-refractivity contribution is 9.11. The third kappa shape index (κ3) is 6.76. The summed E-state index contributed by atoms with van der Waals surface area (Å²) in [4.78, 5) is 22.7. The highest BCUT2D eigenvalue weighted by Crippen LogP contribution is 2.39. The van der Waals surface area contributed by atoms with Gasteiger partial charge in [0.25, 0.3) is 5.91 Å². The molecular weight excluding hydrogens is 645 g/mol. The van der Waals surface area contributed by atoms with E-state index >= 15 is 0 Å². The molecule has 0 unspecified atom stereocenters. The first-order valence-electron chi connectivity index (χ1n) is 12.9. The van der Waals surface area contributed by atoms with Gasteiger partial charge in [-0.15, -0.1) is 0 Å². The van der Waals surface area contributed by atoms with Crippen LogP contribution in [0.15, 0.2) is 79.5 Å². The maximum atomic E-state index is 13.5. The fraction of sp³-hybridized carbons (Fsp3) is 0.267. The normalized spacial score (nSPS) is 17.9. The summed E-state index contributed by atoms with van der Waals surface area (Å²) in [5.41, 5.74) is 3.63. The number of ether oxygens (including phenoxy) is 1. The quantitative estimate of drug-likeness (QED) is 0.236. The number of carbonyl (C=O) groups excluding carboxylic acids is 1. The molecule has 0 atom stereocenters. The number of carbonyl (C=O) groups is 1. The topological polar surface area (TPSA) is 45.1 Å². The number of anilines is 1. The molecule has 2 saturated heterocycles. The van der Waals surface area contributed by atoms with E-state index in [1.54, 1.807) is 11.0 Å². The Bertz CT molecular complexity index is 1400. The molecule has 9 heteroatoms. The van der Waals surface area contributed by atoms with Gasteiger partial charge >= 0.3 is 0 Å². The predicted molar refractivity (Wildman–Crippen MR) is 165 cm³/mol. The minimum absolute atomic E-state index is 0.0649. The van der Waals surface area contributed by atoms with Gasteiger partial charge in [-0.2, -0.15) is 0 Å². The van der Waals surface area contributed by atoms with Crippen LogP contribution in [0.3, 0.4) is 0 Å². The molecular formula is C30H28Br2FN3O2S. The van der Waals surface area contributed by atoms with Crippen molar-refractivity contribution in [2.75, 3.05) is 24.5 Å². The third-order valence-corrected chi connectivity index (χ3v) is 8.78. The van der Waals surface area contributed by atoms with Crippen LogP contribution in [0.5, 0.6) is 5.75 Å². The average molecular weight is 673 g/mol. The number of halogens is 3. The van der Waals surface area contributed by atoms with Crippen LogP contribution in [0, 0.1) is 5.82 Å². The Morgan fingerprint density at radius 2 is 1.74 bits per heavy atom. The van der Waals surface area contributed by atoms with Crippen LogP contribution in [0.2, 0.25) is 0 Å².